The molecule has 522 valence electrons. The SMILES string of the molecule is C.C.C.C.C.C.C.C.C.C.C.C.C.C.C.C.C.C.C.C.C.C.C.C.C.C.C.C.C.C.C.C.C.CC(=O)/C=C/C(=O)[O-].COC(=O)C[C@@](O)(CCCC(C)(C)O)C(=O)O[C@@H]1C(OC)=C[C@]23CCCN2CCc2cc4c(cc2[C@H]13)OCO4. The molecule has 2 N–H and O–H groups in total. The molecule has 1 aliphatic carbocycles. The highest BCUT2D eigenvalue weighted by molar-refractivity contribution is 5.93. The van der Waals surface area contributed by atoms with Crippen molar-refractivity contribution in [2.45, 2.75) is 340 Å². The van der Waals surface area contributed by atoms with Gasteiger partial charge < -0.3 is 43.8 Å². The van der Waals surface area contributed by atoms with E-state index in [1.807, 2.05) is 12.1 Å². The number of ketones is 1. The number of hydrogen-bond acceptors (Lipinski definition) is 13. The number of carboxylic acid groups (broad SMARTS) is 1. The van der Waals surface area contributed by atoms with Crippen LogP contribution in [-0.2, 0) is 39.8 Å². The quantitative estimate of drug-likeness (QED) is 0.158. The van der Waals surface area contributed by atoms with E-state index in [0.717, 1.165) is 49.6 Å². The summed E-state index contributed by atoms with van der Waals surface area (Å²) in [5.41, 5.74) is -1.42. The van der Waals surface area contributed by atoms with E-state index in [4.69, 9.17) is 23.7 Å². The van der Waals surface area contributed by atoms with Gasteiger partial charge in [0.2, 0.25) is 6.79 Å². The Hall–Kier alpha value is -3.94. The summed E-state index contributed by atoms with van der Waals surface area (Å²) < 4.78 is 28.1. The van der Waals surface area contributed by atoms with Gasteiger partial charge in [-0.1, -0.05) is 245 Å². The molecule has 1 fully saturated rings. The van der Waals surface area contributed by atoms with Crippen molar-refractivity contribution < 1.29 is 58.2 Å². The Kier molecular flexibility index (Phi) is 212. The van der Waals surface area contributed by atoms with Gasteiger partial charge in [-0.15, -0.1) is 0 Å². The Morgan fingerprint density at radius 1 is 0.650 bits per heavy atom. The minimum atomic E-state index is -2.12. The molecule has 0 aromatic heterocycles. The summed E-state index contributed by atoms with van der Waals surface area (Å²) in [5.74, 6) is -1.71. The molecule has 0 radical (unpaired) electrons. The number of aliphatic hydroxyl groups is 2. The number of nitrogens with zero attached hydrogens (tertiary/aromatic N) is 1. The van der Waals surface area contributed by atoms with Crippen molar-refractivity contribution in [1.29, 1.82) is 0 Å². The average Bonchev–Trinajstić information content (AvgIpc) is 3.69. The molecule has 1 aromatic carbocycles. The number of fused-ring (bicyclic) bond motifs is 3. The zero-order valence-corrected chi connectivity index (χ0v) is 27.5. The Bertz CT molecular complexity index is 1420. The molecule has 0 bridgehead atoms. The van der Waals surface area contributed by atoms with Gasteiger partial charge in [-0.25, -0.2) is 4.79 Å². The number of methoxy groups -OCH3 is 2. The third-order valence-corrected chi connectivity index (χ3v) is 9.08. The lowest BCUT2D eigenvalue weighted by atomic mass is 9.77. The van der Waals surface area contributed by atoms with Gasteiger partial charge >= 0.3 is 11.9 Å². The standard InChI is InChI=1S/C29H39NO9.C5H6O3.33CH4/c1-27(2,33)8-5-10-29(34,16-23(31)36-4)26(32)39-25-22(35-3)15-28-9-6-11-30(28)12-7-18-13-20-21(38-17-37-20)14-19(18)24(25)28;1-4(6)2-3-5(7)8;;;;;;;;;;;;;;;;;;;;;;;;;;;;;;;;;/h13-15,24-25,33-34H,5-12,16-17H2,1-4H3;2-3H,1H3,(H,7,8);33*1H4/p-1/b;3-2+;;;;;;;;;;;;;;;;;;;;;;;;;;;;;;;;;/t24-,25-,28+,29+;;;;;;;;;;;;;;;;;;;;;;;;;;;;;;;;;;/m1................................../s1. The Labute approximate surface area is 517 Å². The predicted octanol–water partition coefficient (Wildman–Crippen LogP) is 22.5. The van der Waals surface area contributed by atoms with E-state index in [9.17, 15) is 34.5 Å². The van der Waals surface area contributed by atoms with Gasteiger partial charge in [0.15, 0.2) is 29.0 Å². The van der Waals surface area contributed by atoms with E-state index < -0.39 is 47.2 Å². The fraction of sp³-hybridized carbons (Fsp3) is 0.791. The molecule has 0 unspecified atom stereocenters. The van der Waals surface area contributed by atoms with Crippen molar-refractivity contribution in [3.05, 3.63) is 47.2 Å². The topological polar surface area (TPSA) is 181 Å². The molecule has 5 rings (SSSR count). The lowest BCUT2D eigenvalue weighted by Gasteiger charge is -2.39. The molecule has 1 aromatic rings. The Morgan fingerprint density at radius 3 is 1.41 bits per heavy atom. The fourth-order valence-electron chi connectivity index (χ4n) is 6.89. The third-order valence-electron chi connectivity index (χ3n) is 9.08. The van der Waals surface area contributed by atoms with E-state index in [1.54, 1.807) is 21.0 Å². The molecular weight excluding hydrogens is 1010 g/mol. The van der Waals surface area contributed by atoms with Gasteiger partial charge in [0.1, 0.15) is 5.76 Å². The van der Waals surface area contributed by atoms with E-state index in [2.05, 4.69) is 11.0 Å². The van der Waals surface area contributed by atoms with Crippen LogP contribution in [0.3, 0.4) is 0 Å². The van der Waals surface area contributed by atoms with Crippen LogP contribution in [-0.4, -0.2) is 95.8 Å². The van der Waals surface area contributed by atoms with Gasteiger partial charge in [-0.05, 0) is 107 Å². The molecule has 4 atom stereocenters. The van der Waals surface area contributed by atoms with Crippen LogP contribution in [0.15, 0.2) is 36.1 Å². The summed E-state index contributed by atoms with van der Waals surface area (Å²) in [5, 5.41) is 31.2. The van der Waals surface area contributed by atoms with Gasteiger partial charge in [-0.2, -0.15) is 0 Å². The van der Waals surface area contributed by atoms with E-state index in [-0.39, 0.29) is 270 Å². The minimum absolute atomic E-state index is 0. The molecule has 3 heterocycles. The number of esters is 2. The van der Waals surface area contributed by atoms with Crippen molar-refractivity contribution in [3.8, 4) is 11.5 Å². The summed E-state index contributed by atoms with van der Waals surface area (Å²) in [6.07, 6.45) is 5.58. The van der Waals surface area contributed by atoms with Crippen molar-refractivity contribution in [2.75, 3.05) is 34.1 Å². The van der Waals surface area contributed by atoms with Gasteiger partial charge in [0, 0.05) is 6.54 Å². The van der Waals surface area contributed by atoms with Crippen LogP contribution in [0.4, 0.5) is 0 Å². The van der Waals surface area contributed by atoms with E-state index in [0.29, 0.717) is 36.2 Å². The van der Waals surface area contributed by atoms with E-state index >= 15 is 0 Å². The zero-order valence-electron chi connectivity index (χ0n) is 27.5. The van der Waals surface area contributed by atoms with Gasteiger partial charge in [0.25, 0.3) is 0 Å². The zero-order chi connectivity index (χ0) is 34.6. The van der Waals surface area contributed by atoms with Crippen molar-refractivity contribution >= 4 is 23.7 Å². The normalized spacial score (nSPS) is 14.1. The molecule has 4 aliphatic rings. The predicted molar refractivity (Wildman–Crippen MR) is 386 cm³/mol. The van der Waals surface area contributed by atoms with Gasteiger partial charge in [0.05, 0.1) is 43.7 Å². The first-order valence-electron chi connectivity index (χ1n) is 15.7. The number of ether oxygens (including phenoxy) is 5. The monoisotopic (exact) mass is 1190 g/mol. The van der Waals surface area contributed by atoms with Crippen LogP contribution >= 0.6 is 0 Å². The minimum Gasteiger partial charge on any atom is -0.545 e. The molecule has 1 spiro atoms. The van der Waals surface area contributed by atoms with Crippen molar-refractivity contribution in [3.63, 3.8) is 0 Å². The summed E-state index contributed by atoms with van der Waals surface area (Å²) >= 11 is 0. The first-order valence-corrected chi connectivity index (χ1v) is 15.7. The number of allylic oxidation sites excluding steroid dienone is 1. The molecule has 80 heavy (non-hydrogen) atoms. The second-order valence-corrected chi connectivity index (χ2v) is 13.0. The molecule has 13 heteroatoms. The molecule has 3 aliphatic heterocycles. The molecule has 13 nitrogen and oxygen atoms in total. The number of rotatable bonds is 11. The second kappa shape index (κ2) is 83.9. The van der Waals surface area contributed by atoms with Crippen molar-refractivity contribution in [1.82, 2.24) is 4.90 Å². The number of hydrogen-bond donors (Lipinski definition) is 2. The third kappa shape index (κ3) is 47.7. The maximum absolute atomic E-state index is 13.8. The van der Waals surface area contributed by atoms with Gasteiger partial charge in [-0.3, -0.25) is 14.5 Å². The fourth-order valence-corrected chi connectivity index (χ4v) is 6.89. The number of carboxylic acids is 1. The smallest absolute Gasteiger partial charge is 0.339 e. The number of benzene rings is 1. The molecule has 1 saturated heterocycles. The van der Waals surface area contributed by atoms with Crippen LogP contribution in [0.5, 0.6) is 11.5 Å². The van der Waals surface area contributed by atoms with Crippen LogP contribution in [0.25, 0.3) is 0 Å². The van der Waals surface area contributed by atoms with Crippen LogP contribution < -0.4 is 14.6 Å². The van der Waals surface area contributed by atoms with Crippen LogP contribution in [0.1, 0.15) is 321 Å². The number of aliphatic carboxylic acids is 1. The number of carbonyl (C=O) groups is 4. The lowest BCUT2D eigenvalue weighted by Crippen LogP contribution is -2.49. The first kappa shape index (κ1) is 202. The largest absolute Gasteiger partial charge is 0.545 e. The molecule has 0 amide bonds. The Balaban J connectivity index is -0.0000000205. The summed E-state index contributed by atoms with van der Waals surface area (Å²) in [7, 11) is 2.76. The molecular formula is C67H176NO12-. The maximum Gasteiger partial charge on any atom is 0.339 e. The summed E-state index contributed by atoms with van der Waals surface area (Å²) in [4.78, 5) is 47.9. The highest BCUT2D eigenvalue weighted by atomic mass is 16.7. The van der Waals surface area contributed by atoms with Crippen LogP contribution in [0.2, 0.25) is 0 Å². The van der Waals surface area contributed by atoms with Crippen LogP contribution in [0, 0.1) is 0 Å². The second-order valence-electron chi connectivity index (χ2n) is 13.0. The first-order chi connectivity index (χ1) is 22.1. The highest BCUT2D eigenvalue weighted by Crippen LogP contribution is 2.55. The molecule has 0 saturated carbocycles. The summed E-state index contributed by atoms with van der Waals surface area (Å²) in [6.45, 7) is 6.47. The number of carbonyl (C=O) groups excluding carboxylic acids is 4. The summed E-state index contributed by atoms with van der Waals surface area (Å²) in [6, 6.07) is 4.00. The van der Waals surface area contributed by atoms with E-state index in [1.165, 1.54) is 14.0 Å². The maximum atomic E-state index is 13.8. The average molecular weight is 1190 g/mol. The lowest BCUT2D eigenvalue weighted by molar-refractivity contribution is -0.297. The highest BCUT2D eigenvalue weighted by Gasteiger charge is 2.59. The Morgan fingerprint density at radius 2 is 1.06 bits per heavy atom. The van der Waals surface area contributed by atoms with Crippen molar-refractivity contribution in [2.24, 2.45) is 0 Å².